The van der Waals surface area contributed by atoms with Crippen LogP contribution in [0.1, 0.15) is 18.5 Å². The maximum Gasteiger partial charge on any atom is 0.321 e. The number of thioether (sulfide) groups is 1. The molecule has 1 fully saturated rings. The molecule has 3 amide bonds. The molecule has 1 aliphatic heterocycles. The van der Waals surface area contributed by atoms with Gasteiger partial charge in [0.1, 0.15) is 0 Å². The lowest BCUT2D eigenvalue weighted by molar-refractivity contribution is -0.121. The first-order valence-corrected chi connectivity index (χ1v) is 8.13. The number of nitrogens with one attached hydrogen (secondary N) is 2. The molecular formula is C13H21N5O2S. The Hall–Kier alpha value is -1.54. The predicted octanol–water partition coefficient (Wildman–Crippen LogP) is 0.356. The Labute approximate surface area is 128 Å². The number of carbonyl (C=O) groups is 2. The summed E-state index contributed by atoms with van der Waals surface area (Å²) >= 11 is 1.87. The molecule has 2 heterocycles. The molecule has 116 valence electrons. The van der Waals surface area contributed by atoms with Crippen LogP contribution in [0.3, 0.4) is 0 Å². The Morgan fingerprint density at radius 1 is 1.52 bits per heavy atom. The first-order valence-electron chi connectivity index (χ1n) is 6.98. The van der Waals surface area contributed by atoms with Crippen LogP contribution >= 0.6 is 11.8 Å². The van der Waals surface area contributed by atoms with Crippen LogP contribution in [-0.4, -0.2) is 57.8 Å². The number of aryl methyl sites for hydroxylation is 1. The molecule has 0 aromatic carbocycles. The van der Waals surface area contributed by atoms with Gasteiger partial charge in [0.05, 0.1) is 12.7 Å². The first-order chi connectivity index (χ1) is 10.1. The van der Waals surface area contributed by atoms with Crippen molar-refractivity contribution in [2.75, 3.05) is 31.1 Å². The minimum absolute atomic E-state index is 0.164. The highest BCUT2D eigenvalue weighted by Gasteiger charge is 2.27. The number of rotatable bonds is 4. The molecule has 0 saturated carbocycles. The minimum atomic E-state index is -0.438. The quantitative estimate of drug-likeness (QED) is 0.839. The molecule has 0 bridgehead atoms. The maximum absolute atomic E-state index is 11.9. The molecule has 7 nitrogen and oxygen atoms in total. The van der Waals surface area contributed by atoms with Crippen molar-refractivity contribution in [2.45, 2.75) is 13.0 Å². The number of urea groups is 1. The highest BCUT2D eigenvalue weighted by molar-refractivity contribution is 7.99. The van der Waals surface area contributed by atoms with E-state index < -0.39 is 6.03 Å². The van der Waals surface area contributed by atoms with Crippen LogP contribution in [0.15, 0.2) is 12.4 Å². The molecule has 0 radical (unpaired) electrons. The average Bonchev–Trinajstić information content (AvgIpc) is 2.86. The summed E-state index contributed by atoms with van der Waals surface area (Å²) in [7, 11) is 1.88. The van der Waals surface area contributed by atoms with Crippen LogP contribution in [0, 0.1) is 0 Å². The molecule has 2 rings (SSSR count). The zero-order valence-electron chi connectivity index (χ0n) is 12.3. The number of aromatic nitrogens is 2. The van der Waals surface area contributed by atoms with Crippen LogP contribution in [-0.2, 0) is 11.8 Å². The van der Waals surface area contributed by atoms with E-state index in [0.717, 1.165) is 23.6 Å². The van der Waals surface area contributed by atoms with Gasteiger partial charge in [-0.3, -0.25) is 19.7 Å². The van der Waals surface area contributed by atoms with Gasteiger partial charge in [0.15, 0.2) is 0 Å². The number of hydrogen-bond donors (Lipinski definition) is 2. The molecule has 1 atom stereocenters. The summed E-state index contributed by atoms with van der Waals surface area (Å²) in [5, 5.41) is 9.09. The van der Waals surface area contributed by atoms with Gasteiger partial charge in [0.25, 0.3) is 0 Å². The molecule has 2 N–H and O–H groups in total. The molecule has 1 aliphatic rings. The molecule has 21 heavy (non-hydrogen) atoms. The Balaban J connectivity index is 1.96. The summed E-state index contributed by atoms with van der Waals surface area (Å²) in [4.78, 5) is 25.4. The molecular weight excluding hydrogens is 290 g/mol. The van der Waals surface area contributed by atoms with Crippen LogP contribution in [0.25, 0.3) is 0 Å². The van der Waals surface area contributed by atoms with Crippen molar-refractivity contribution >= 4 is 23.7 Å². The fourth-order valence-corrected chi connectivity index (χ4v) is 3.46. The number of imide groups is 1. The lowest BCUT2D eigenvalue weighted by atomic mass is 10.1. The Morgan fingerprint density at radius 3 is 3.00 bits per heavy atom. The van der Waals surface area contributed by atoms with Crippen molar-refractivity contribution < 1.29 is 9.59 Å². The van der Waals surface area contributed by atoms with Crippen molar-refractivity contribution in [3.63, 3.8) is 0 Å². The summed E-state index contributed by atoms with van der Waals surface area (Å²) in [6.45, 7) is 3.35. The molecule has 0 spiro atoms. The number of nitrogens with zero attached hydrogens (tertiary/aromatic N) is 3. The van der Waals surface area contributed by atoms with Crippen molar-refractivity contribution in [3.8, 4) is 0 Å². The van der Waals surface area contributed by atoms with E-state index in [1.165, 1.54) is 0 Å². The van der Waals surface area contributed by atoms with Crippen LogP contribution in [0.2, 0.25) is 0 Å². The Kier molecular flexibility index (Phi) is 5.63. The van der Waals surface area contributed by atoms with Gasteiger partial charge < -0.3 is 5.32 Å². The third-order valence-electron chi connectivity index (χ3n) is 3.29. The van der Waals surface area contributed by atoms with Crippen molar-refractivity contribution in [1.82, 2.24) is 25.3 Å². The zero-order valence-corrected chi connectivity index (χ0v) is 13.2. The SMILES string of the molecule is CCNC(=O)NC(=O)CN1CCSC[C@@H]1c1cnn(C)c1. The standard InChI is InChI=1S/C13H21N5O2S/c1-3-14-13(20)16-12(19)8-18-4-5-21-9-11(18)10-6-15-17(2)7-10/h6-7,11H,3-5,8-9H2,1-2H3,(H2,14,16,19,20)/t11-/m1/s1. The van der Waals surface area contributed by atoms with E-state index in [9.17, 15) is 9.59 Å². The van der Waals surface area contributed by atoms with Gasteiger partial charge in [-0.05, 0) is 6.92 Å². The third kappa shape index (κ3) is 4.47. The van der Waals surface area contributed by atoms with E-state index >= 15 is 0 Å². The third-order valence-corrected chi connectivity index (χ3v) is 4.31. The molecule has 0 aliphatic carbocycles. The highest BCUT2D eigenvalue weighted by Crippen LogP contribution is 2.28. The van der Waals surface area contributed by atoms with E-state index in [4.69, 9.17) is 0 Å². The highest BCUT2D eigenvalue weighted by atomic mass is 32.2. The van der Waals surface area contributed by atoms with E-state index in [1.807, 2.05) is 38.1 Å². The zero-order chi connectivity index (χ0) is 15.2. The van der Waals surface area contributed by atoms with Gasteiger partial charge >= 0.3 is 6.03 Å². The maximum atomic E-state index is 11.9. The van der Waals surface area contributed by atoms with Crippen molar-refractivity contribution in [3.05, 3.63) is 18.0 Å². The van der Waals surface area contributed by atoms with E-state index in [-0.39, 0.29) is 18.5 Å². The van der Waals surface area contributed by atoms with Crippen LogP contribution in [0.5, 0.6) is 0 Å². The molecule has 8 heteroatoms. The fraction of sp³-hybridized carbons (Fsp3) is 0.615. The van der Waals surface area contributed by atoms with Crippen LogP contribution < -0.4 is 10.6 Å². The minimum Gasteiger partial charge on any atom is -0.338 e. The second-order valence-electron chi connectivity index (χ2n) is 4.92. The van der Waals surface area contributed by atoms with Gasteiger partial charge in [-0.25, -0.2) is 4.79 Å². The van der Waals surface area contributed by atoms with Crippen LogP contribution in [0.4, 0.5) is 4.79 Å². The van der Waals surface area contributed by atoms with Gasteiger partial charge in [0, 0.05) is 49.4 Å². The lowest BCUT2D eigenvalue weighted by Gasteiger charge is -2.34. The van der Waals surface area contributed by atoms with E-state index in [0.29, 0.717) is 6.54 Å². The normalized spacial score (nSPS) is 19.2. The number of carbonyl (C=O) groups excluding carboxylic acids is 2. The second-order valence-corrected chi connectivity index (χ2v) is 6.07. The molecule has 1 aromatic rings. The van der Waals surface area contributed by atoms with Gasteiger partial charge in [-0.2, -0.15) is 16.9 Å². The number of amides is 3. The predicted molar refractivity (Wildman–Crippen MR) is 82.1 cm³/mol. The average molecular weight is 311 g/mol. The van der Waals surface area contributed by atoms with E-state index in [1.54, 1.807) is 4.68 Å². The Morgan fingerprint density at radius 2 is 2.33 bits per heavy atom. The van der Waals surface area contributed by atoms with Crippen molar-refractivity contribution in [1.29, 1.82) is 0 Å². The monoisotopic (exact) mass is 311 g/mol. The van der Waals surface area contributed by atoms with Gasteiger partial charge in [-0.1, -0.05) is 0 Å². The summed E-state index contributed by atoms with van der Waals surface area (Å²) in [6, 6.07) is -0.274. The second kappa shape index (κ2) is 7.46. The van der Waals surface area contributed by atoms with E-state index in [2.05, 4.69) is 20.6 Å². The van der Waals surface area contributed by atoms with Gasteiger partial charge in [-0.15, -0.1) is 0 Å². The molecule has 0 unspecified atom stereocenters. The van der Waals surface area contributed by atoms with Gasteiger partial charge in [0.2, 0.25) is 5.91 Å². The number of hydrogen-bond acceptors (Lipinski definition) is 5. The summed E-state index contributed by atoms with van der Waals surface area (Å²) in [6.07, 6.45) is 3.82. The Bertz CT molecular complexity index is 505. The molecule has 1 saturated heterocycles. The summed E-state index contributed by atoms with van der Waals surface area (Å²) < 4.78 is 1.77. The lowest BCUT2D eigenvalue weighted by Crippen LogP contribution is -2.47. The fourth-order valence-electron chi connectivity index (χ4n) is 2.30. The van der Waals surface area contributed by atoms with Crippen molar-refractivity contribution in [2.24, 2.45) is 7.05 Å². The smallest absolute Gasteiger partial charge is 0.321 e. The first kappa shape index (κ1) is 15.8. The summed E-state index contributed by atoms with van der Waals surface area (Å²) in [5.41, 5.74) is 1.11. The molecule has 1 aromatic heterocycles. The topological polar surface area (TPSA) is 79.3 Å². The largest absolute Gasteiger partial charge is 0.338 e. The summed E-state index contributed by atoms with van der Waals surface area (Å²) in [5.74, 6) is 1.65.